The number of alkyl halides is 3. The largest absolute Gasteiger partial charge is 0.433 e. The summed E-state index contributed by atoms with van der Waals surface area (Å²) < 4.78 is 41.5. The van der Waals surface area contributed by atoms with E-state index in [-0.39, 0.29) is 16.5 Å². The lowest BCUT2D eigenvalue weighted by molar-refractivity contribution is -0.142. The predicted molar refractivity (Wildman–Crippen MR) is 88.2 cm³/mol. The summed E-state index contributed by atoms with van der Waals surface area (Å²) in [5.41, 5.74) is -0.825. The minimum absolute atomic E-state index is 0.0440. The Labute approximate surface area is 151 Å². The highest BCUT2D eigenvalue weighted by molar-refractivity contribution is 6.34. The highest BCUT2D eigenvalue weighted by Crippen LogP contribution is 2.34. The van der Waals surface area contributed by atoms with Crippen molar-refractivity contribution in [3.8, 4) is 6.07 Å². The van der Waals surface area contributed by atoms with E-state index in [0.717, 1.165) is 6.07 Å². The number of nitrogens with one attached hydrogen (secondary N) is 1. The number of fused-ring (bicyclic) bond motifs is 1. The van der Waals surface area contributed by atoms with Crippen LogP contribution in [0, 0.1) is 18.3 Å². The van der Waals surface area contributed by atoms with Crippen LogP contribution < -0.4 is 5.32 Å². The van der Waals surface area contributed by atoms with Crippen LogP contribution in [0.25, 0.3) is 5.52 Å². The first-order chi connectivity index (χ1) is 12.0. The fourth-order valence-electron chi connectivity index (χ4n) is 2.25. The molecule has 0 radical (unpaired) electrons. The summed E-state index contributed by atoms with van der Waals surface area (Å²) in [7, 11) is 0. The third kappa shape index (κ3) is 3.06. The monoisotopic (exact) mass is 383 g/mol. The van der Waals surface area contributed by atoms with Crippen LogP contribution >= 0.6 is 11.6 Å². The average molecular weight is 384 g/mol. The van der Waals surface area contributed by atoms with Crippen LogP contribution in [0.3, 0.4) is 0 Å². The summed E-state index contributed by atoms with van der Waals surface area (Å²) in [5, 5.41) is 20.0. The topological polar surface area (TPSA) is 83.8 Å². The van der Waals surface area contributed by atoms with Crippen LogP contribution in [0.1, 0.15) is 25.2 Å². The number of hydrogen-bond donors (Lipinski definition) is 1. The smallest absolute Gasteiger partial charge is 0.320 e. The first-order valence-electron chi connectivity index (χ1n) is 7.39. The number of nitriles is 1. The van der Waals surface area contributed by atoms with Crippen molar-refractivity contribution in [3.63, 3.8) is 0 Å². The van der Waals surface area contributed by atoms with Crippen LogP contribution in [0.2, 0.25) is 5.02 Å². The molecule has 1 N–H and O–H groups in total. The molecule has 0 bridgehead atoms. The first-order valence-corrected chi connectivity index (χ1v) is 7.77. The number of anilines is 2. The van der Waals surface area contributed by atoms with Gasteiger partial charge in [-0.15, -0.1) is 5.10 Å². The van der Waals surface area contributed by atoms with E-state index in [9.17, 15) is 18.4 Å². The molecule has 0 saturated carbocycles. The third-order valence-corrected chi connectivity index (χ3v) is 4.05. The molecule has 0 atom stereocenters. The second-order valence-electron chi connectivity index (χ2n) is 6.12. The van der Waals surface area contributed by atoms with Crippen molar-refractivity contribution in [3.05, 3.63) is 34.9 Å². The Kier molecular flexibility index (Phi) is 4.07. The van der Waals surface area contributed by atoms with Crippen LogP contribution in [-0.2, 0) is 11.7 Å². The fraction of sp³-hybridized carbons (Fsp3) is 0.333. The molecule has 3 rings (SSSR count). The zero-order valence-electron chi connectivity index (χ0n) is 13.9. The fourth-order valence-corrected chi connectivity index (χ4v) is 2.49. The van der Waals surface area contributed by atoms with Crippen molar-refractivity contribution in [1.29, 1.82) is 5.26 Å². The van der Waals surface area contributed by atoms with Gasteiger partial charge < -0.3 is 5.32 Å². The second-order valence-corrected chi connectivity index (χ2v) is 6.53. The molecule has 7 nitrogen and oxygen atoms in total. The van der Waals surface area contributed by atoms with Gasteiger partial charge in [-0.05, 0) is 26.8 Å². The van der Waals surface area contributed by atoms with E-state index in [1.807, 2.05) is 0 Å². The summed E-state index contributed by atoms with van der Waals surface area (Å²) in [4.78, 5) is 3.99. The zero-order chi connectivity index (χ0) is 19.3. The van der Waals surface area contributed by atoms with Crippen LogP contribution in [0.5, 0.6) is 0 Å². The van der Waals surface area contributed by atoms with Crippen molar-refractivity contribution >= 4 is 28.8 Å². The van der Waals surface area contributed by atoms with Gasteiger partial charge in [0.05, 0.1) is 34.9 Å². The number of halogens is 4. The predicted octanol–water partition coefficient (Wildman–Crippen LogP) is 3.91. The molecule has 136 valence electrons. The van der Waals surface area contributed by atoms with Crippen LogP contribution in [-0.4, -0.2) is 24.4 Å². The number of aryl methyl sites for hydroxylation is 1. The van der Waals surface area contributed by atoms with Gasteiger partial charge in [-0.2, -0.15) is 23.5 Å². The van der Waals surface area contributed by atoms with Crippen molar-refractivity contribution in [2.24, 2.45) is 0 Å². The normalized spacial score (nSPS) is 12.4. The van der Waals surface area contributed by atoms with Crippen molar-refractivity contribution in [1.82, 2.24) is 24.4 Å². The van der Waals surface area contributed by atoms with Gasteiger partial charge in [0.25, 0.3) is 0 Å². The quantitative estimate of drug-likeness (QED) is 0.741. The summed E-state index contributed by atoms with van der Waals surface area (Å²) in [6.07, 6.45) is -1.84. The van der Waals surface area contributed by atoms with Gasteiger partial charge in [0.2, 0.25) is 5.95 Å². The van der Waals surface area contributed by atoms with Gasteiger partial charge >= 0.3 is 6.18 Å². The minimum atomic E-state index is -4.61. The standard InChI is InChI=1S/C15H13ClF3N7/c1-8-10(6-25(23-8)14(2,3)7-20)22-13-21-5-11-9(16)4-12(15(17,18)19)26(11)24-13/h4-6H,1-3H3,(H,22,24). The summed E-state index contributed by atoms with van der Waals surface area (Å²) in [6, 6.07) is 2.91. The Bertz CT molecular complexity index is 1030. The Morgan fingerprint density at radius 3 is 2.58 bits per heavy atom. The van der Waals surface area contributed by atoms with Gasteiger partial charge in [0.1, 0.15) is 16.7 Å². The minimum Gasteiger partial charge on any atom is -0.320 e. The molecule has 26 heavy (non-hydrogen) atoms. The molecule has 0 amide bonds. The molecule has 3 aromatic heterocycles. The molecule has 0 unspecified atom stereocenters. The Morgan fingerprint density at radius 1 is 1.27 bits per heavy atom. The van der Waals surface area contributed by atoms with Crippen molar-refractivity contribution < 1.29 is 13.2 Å². The van der Waals surface area contributed by atoms with E-state index in [0.29, 0.717) is 15.9 Å². The first kappa shape index (κ1) is 18.0. The highest BCUT2D eigenvalue weighted by atomic mass is 35.5. The van der Waals surface area contributed by atoms with Crippen molar-refractivity contribution in [2.45, 2.75) is 32.5 Å². The maximum absolute atomic E-state index is 13.1. The van der Waals surface area contributed by atoms with Gasteiger partial charge in [0.15, 0.2) is 0 Å². The molecule has 11 heteroatoms. The number of aromatic nitrogens is 5. The molecule has 0 spiro atoms. The molecule has 0 aliphatic rings. The maximum atomic E-state index is 13.1. The van der Waals surface area contributed by atoms with Gasteiger partial charge in [-0.3, -0.25) is 4.68 Å². The molecule has 0 aromatic carbocycles. The summed E-state index contributed by atoms with van der Waals surface area (Å²) >= 11 is 5.83. The Morgan fingerprint density at radius 2 is 1.96 bits per heavy atom. The lowest BCUT2D eigenvalue weighted by Gasteiger charge is -2.15. The lowest BCUT2D eigenvalue weighted by Crippen LogP contribution is -2.24. The van der Waals surface area contributed by atoms with E-state index < -0.39 is 17.4 Å². The van der Waals surface area contributed by atoms with E-state index in [2.05, 4.69) is 26.6 Å². The second kappa shape index (κ2) is 5.88. The summed E-state index contributed by atoms with van der Waals surface area (Å²) in [6.45, 7) is 5.06. The van der Waals surface area contributed by atoms with E-state index in [1.54, 1.807) is 27.0 Å². The molecular formula is C15H13ClF3N7. The molecule has 0 aliphatic carbocycles. The average Bonchev–Trinajstić information content (AvgIpc) is 3.08. The summed E-state index contributed by atoms with van der Waals surface area (Å²) in [5.74, 6) is -0.0623. The Balaban J connectivity index is 2.02. The molecular weight excluding hydrogens is 371 g/mol. The maximum Gasteiger partial charge on any atom is 0.433 e. The Hall–Kier alpha value is -2.80. The highest BCUT2D eigenvalue weighted by Gasteiger charge is 2.36. The van der Waals surface area contributed by atoms with Gasteiger partial charge in [-0.25, -0.2) is 9.50 Å². The SMILES string of the molecule is Cc1nn(C(C)(C)C#N)cc1Nc1ncc2c(Cl)cc(C(F)(F)F)n2n1. The van der Waals surface area contributed by atoms with E-state index in [1.165, 1.54) is 10.9 Å². The van der Waals surface area contributed by atoms with Crippen LogP contribution in [0.15, 0.2) is 18.5 Å². The van der Waals surface area contributed by atoms with Gasteiger partial charge in [0, 0.05) is 0 Å². The van der Waals surface area contributed by atoms with Crippen LogP contribution in [0.4, 0.5) is 24.8 Å². The van der Waals surface area contributed by atoms with Gasteiger partial charge in [-0.1, -0.05) is 11.6 Å². The number of rotatable bonds is 3. The number of nitrogens with zero attached hydrogens (tertiary/aromatic N) is 6. The molecule has 3 aromatic rings. The van der Waals surface area contributed by atoms with Crippen molar-refractivity contribution in [2.75, 3.05) is 5.32 Å². The number of hydrogen-bond acceptors (Lipinski definition) is 5. The third-order valence-electron chi connectivity index (χ3n) is 3.75. The molecule has 0 aliphatic heterocycles. The molecule has 0 saturated heterocycles. The molecule has 0 fully saturated rings. The van der Waals surface area contributed by atoms with E-state index >= 15 is 0 Å². The molecule has 3 heterocycles. The zero-order valence-corrected chi connectivity index (χ0v) is 14.7. The van der Waals surface area contributed by atoms with E-state index in [4.69, 9.17) is 11.6 Å². The lowest BCUT2D eigenvalue weighted by atomic mass is 10.1.